The molecule has 2 aromatic rings. The number of carbonyl (C=O) groups is 2. The summed E-state index contributed by atoms with van der Waals surface area (Å²) >= 11 is 0. The Bertz CT molecular complexity index is 856. The summed E-state index contributed by atoms with van der Waals surface area (Å²) in [7, 11) is 1.49. The molecular weight excluding hydrogens is 364 g/mol. The van der Waals surface area contributed by atoms with Crippen molar-refractivity contribution in [1.29, 1.82) is 0 Å². The fourth-order valence-electron chi connectivity index (χ4n) is 3.37. The highest BCUT2D eigenvalue weighted by Crippen LogP contribution is 2.31. The van der Waals surface area contributed by atoms with Gasteiger partial charge < -0.3 is 24.0 Å². The van der Waals surface area contributed by atoms with Crippen LogP contribution in [0.25, 0.3) is 0 Å². The first kappa shape index (κ1) is 19.7. The maximum atomic E-state index is 12.9. The molecule has 0 aliphatic carbocycles. The fourth-order valence-corrected chi connectivity index (χ4v) is 3.37. The predicted octanol–water partition coefficient (Wildman–Crippen LogP) is 2.96. The van der Waals surface area contributed by atoms with E-state index in [0.29, 0.717) is 35.8 Å². The molecule has 150 valence electrons. The molecule has 1 aromatic carbocycles. The van der Waals surface area contributed by atoms with E-state index in [-0.39, 0.29) is 12.5 Å². The van der Waals surface area contributed by atoms with Crippen LogP contribution in [0.5, 0.6) is 11.5 Å². The molecule has 1 N–H and O–H groups in total. The topological polar surface area (TPSA) is 102 Å². The van der Waals surface area contributed by atoms with Gasteiger partial charge in [0.15, 0.2) is 11.5 Å². The van der Waals surface area contributed by atoms with Crippen LogP contribution in [-0.4, -0.2) is 46.7 Å². The predicted molar refractivity (Wildman–Crippen MR) is 99.6 cm³/mol. The molecule has 8 nitrogen and oxygen atoms in total. The summed E-state index contributed by atoms with van der Waals surface area (Å²) in [4.78, 5) is 25.8. The van der Waals surface area contributed by atoms with Crippen molar-refractivity contribution in [2.45, 2.75) is 45.8 Å². The van der Waals surface area contributed by atoms with Gasteiger partial charge in [0.1, 0.15) is 18.4 Å². The quantitative estimate of drug-likeness (QED) is 0.811. The van der Waals surface area contributed by atoms with Crippen molar-refractivity contribution in [1.82, 2.24) is 10.1 Å². The van der Waals surface area contributed by atoms with Crippen molar-refractivity contribution in [2.75, 3.05) is 13.7 Å². The van der Waals surface area contributed by atoms with Crippen LogP contribution < -0.4 is 9.47 Å². The summed E-state index contributed by atoms with van der Waals surface area (Å²) in [5, 5.41) is 13.3. The van der Waals surface area contributed by atoms with E-state index >= 15 is 0 Å². The molecule has 1 fully saturated rings. The number of carboxylic acids is 1. The van der Waals surface area contributed by atoms with Crippen molar-refractivity contribution >= 4 is 11.9 Å². The Morgan fingerprint density at radius 1 is 1.29 bits per heavy atom. The van der Waals surface area contributed by atoms with E-state index in [2.05, 4.69) is 5.16 Å². The summed E-state index contributed by atoms with van der Waals surface area (Å²) in [6.07, 6.45) is 2.07. The van der Waals surface area contributed by atoms with Gasteiger partial charge in [-0.25, -0.2) is 4.79 Å². The van der Waals surface area contributed by atoms with Crippen LogP contribution in [0, 0.1) is 13.8 Å². The van der Waals surface area contributed by atoms with E-state index in [9.17, 15) is 14.7 Å². The summed E-state index contributed by atoms with van der Waals surface area (Å²) in [5.41, 5.74) is 1.99. The van der Waals surface area contributed by atoms with Crippen LogP contribution in [0.1, 0.15) is 46.6 Å². The van der Waals surface area contributed by atoms with Crippen LogP contribution in [0.2, 0.25) is 0 Å². The number of carboxylic acid groups (broad SMARTS) is 1. The van der Waals surface area contributed by atoms with E-state index in [1.54, 1.807) is 18.2 Å². The van der Waals surface area contributed by atoms with Gasteiger partial charge in [-0.3, -0.25) is 4.79 Å². The number of benzene rings is 1. The maximum Gasteiger partial charge on any atom is 0.326 e. The molecule has 1 atom stereocenters. The summed E-state index contributed by atoms with van der Waals surface area (Å²) in [6, 6.07) is 4.08. The Hall–Kier alpha value is -3.03. The molecular formula is C20H24N2O6. The highest BCUT2D eigenvalue weighted by Gasteiger charge is 2.32. The number of aliphatic carboxylic acids is 1. The van der Waals surface area contributed by atoms with E-state index in [1.807, 2.05) is 13.8 Å². The molecule has 0 bridgehead atoms. The third-order valence-corrected chi connectivity index (χ3v) is 5.01. The largest absolute Gasteiger partial charge is 0.493 e. The molecule has 8 heteroatoms. The number of rotatable bonds is 6. The lowest BCUT2D eigenvalue weighted by molar-refractivity contribution is -0.143. The molecule has 0 unspecified atom stereocenters. The molecule has 1 aromatic heterocycles. The van der Waals surface area contributed by atoms with Gasteiger partial charge in [-0.2, -0.15) is 0 Å². The van der Waals surface area contributed by atoms with Gasteiger partial charge in [-0.1, -0.05) is 5.16 Å². The van der Waals surface area contributed by atoms with Gasteiger partial charge in [0, 0.05) is 12.1 Å². The van der Waals surface area contributed by atoms with E-state index in [4.69, 9.17) is 14.0 Å². The Kier molecular flexibility index (Phi) is 5.87. The first-order valence-corrected chi connectivity index (χ1v) is 9.18. The van der Waals surface area contributed by atoms with Crippen molar-refractivity contribution in [3.63, 3.8) is 0 Å². The minimum Gasteiger partial charge on any atom is -0.493 e. The third-order valence-electron chi connectivity index (χ3n) is 5.01. The number of likely N-dealkylation sites (tertiary alicyclic amines) is 1. The number of hydrogen-bond acceptors (Lipinski definition) is 6. The van der Waals surface area contributed by atoms with Gasteiger partial charge in [0.25, 0.3) is 5.91 Å². The van der Waals surface area contributed by atoms with Gasteiger partial charge in [0.05, 0.1) is 18.4 Å². The molecule has 1 aliphatic heterocycles. The second-order valence-electron chi connectivity index (χ2n) is 6.81. The molecule has 28 heavy (non-hydrogen) atoms. The lowest BCUT2D eigenvalue weighted by atomic mass is 10.0. The zero-order chi connectivity index (χ0) is 20.3. The number of ether oxygens (including phenoxy) is 2. The summed E-state index contributed by atoms with van der Waals surface area (Å²) in [6.45, 7) is 4.35. The average molecular weight is 388 g/mol. The molecule has 2 heterocycles. The number of amides is 1. The lowest BCUT2D eigenvalue weighted by Gasteiger charge is -2.33. The zero-order valence-corrected chi connectivity index (χ0v) is 16.2. The highest BCUT2D eigenvalue weighted by atomic mass is 16.5. The minimum absolute atomic E-state index is 0.262. The van der Waals surface area contributed by atoms with Gasteiger partial charge in [0.2, 0.25) is 0 Å². The molecule has 0 spiro atoms. The second-order valence-corrected chi connectivity index (χ2v) is 6.81. The van der Waals surface area contributed by atoms with Crippen molar-refractivity contribution in [2.24, 2.45) is 0 Å². The van der Waals surface area contributed by atoms with Crippen molar-refractivity contribution < 1.29 is 28.7 Å². The number of methoxy groups -OCH3 is 1. The van der Waals surface area contributed by atoms with Crippen LogP contribution in [0.3, 0.4) is 0 Å². The number of aryl methyl sites for hydroxylation is 2. The molecule has 0 saturated carbocycles. The lowest BCUT2D eigenvalue weighted by Crippen LogP contribution is -2.47. The summed E-state index contributed by atoms with van der Waals surface area (Å²) in [5.74, 6) is 0.282. The fraction of sp³-hybridized carbons (Fsp3) is 0.450. The Morgan fingerprint density at radius 2 is 2.07 bits per heavy atom. The molecule has 3 rings (SSSR count). The Labute approximate surface area is 163 Å². The second kappa shape index (κ2) is 8.33. The Balaban J connectivity index is 1.78. The van der Waals surface area contributed by atoms with Crippen LogP contribution in [-0.2, 0) is 11.4 Å². The van der Waals surface area contributed by atoms with E-state index < -0.39 is 12.0 Å². The molecule has 0 radical (unpaired) electrons. The summed E-state index contributed by atoms with van der Waals surface area (Å²) < 4.78 is 16.3. The first-order chi connectivity index (χ1) is 13.4. The van der Waals surface area contributed by atoms with Crippen LogP contribution in [0.15, 0.2) is 22.7 Å². The molecule has 1 saturated heterocycles. The normalized spacial score (nSPS) is 16.7. The molecule has 1 amide bonds. The number of carbonyl (C=O) groups excluding carboxylic acids is 1. The first-order valence-electron chi connectivity index (χ1n) is 9.18. The molecule has 1 aliphatic rings. The van der Waals surface area contributed by atoms with E-state index in [1.165, 1.54) is 12.0 Å². The highest BCUT2D eigenvalue weighted by molar-refractivity contribution is 5.97. The van der Waals surface area contributed by atoms with Crippen molar-refractivity contribution in [3.8, 4) is 11.5 Å². The van der Waals surface area contributed by atoms with Crippen LogP contribution in [0.4, 0.5) is 0 Å². The minimum atomic E-state index is -0.973. The standard InChI is InChI=1S/C20H24N2O6/c1-12-15(13(2)28-21-12)11-27-17-8-7-14(10-18(17)26-3)19(23)22-9-5-4-6-16(22)20(24)25/h7-8,10,16H,4-6,9,11H2,1-3H3,(H,24,25)/t16-/m1/s1. The smallest absolute Gasteiger partial charge is 0.326 e. The number of nitrogens with zero attached hydrogens (tertiary/aromatic N) is 2. The van der Waals surface area contributed by atoms with Gasteiger partial charge >= 0.3 is 5.97 Å². The number of piperidine rings is 1. The van der Waals surface area contributed by atoms with E-state index in [0.717, 1.165) is 24.1 Å². The monoisotopic (exact) mass is 388 g/mol. The van der Waals surface area contributed by atoms with Gasteiger partial charge in [-0.15, -0.1) is 0 Å². The third kappa shape index (κ3) is 3.95. The zero-order valence-electron chi connectivity index (χ0n) is 16.2. The van der Waals surface area contributed by atoms with Crippen LogP contribution >= 0.6 is 0 Å². The maximum absolute atomic E-state index is 12.9. The number of aromatic nitrogens is 1. The Morgan fingerprint density at radius 3 is 2.71 bits per heavy atom. The van der Waals surface area contributed by atoms with Gasteiger partial charge in [-0.05, 0) is 51.3 Å². The van der Waals surface area contributed by atoms with Crippen molar-refractivity contribution in [3.05, 3.63) is 40.8 Å². The number of hydrogen-bond donors (Lipinski definition) is 1. The SMILES string of the molecule is COc1cc(C(=O)N2CCCC[C@@H]2C(=O)O)ccc1OCc1c(C)noc1C. The average Bonchev–Trinajstić information content (AvgIpc) is 3.03.